The van der Waals surface area contributed by atoms with Crippen LogP contribution >= 0.6 is 11.8 Å². The van der Waals surface area contributed by atoms with E-state index in [1.807, 2.05) is 13.8 Å². The van der Waals surface area contributed by atoms with Crippen molar-refractivity contribution in [2.24, 2.45) is 11.5 Å². The largest absolute Gasteiger partial charge is 0.438 e. The minimum atomic E-state index is -1.56. The highest BCUT2D eigenvalue weighted by Crippen LogP contribution is 2.56. The number of benzene rings is 2. The zero-order valence-corrected chi connectivity index (χ0v) is 24.9. The third-order valence-electron chi connectivity index (χ3n) is 8.71. The molecule has 2 aliphatic heterocycles. The smallest absolute Gasteiger partial charge is 0.238 e. The molecule has 1 saturated heterocycles. The first-order chi connectivity index (χ1) is 20.6. The third-order valence-corrected chi connectivity index (χ3v) is 10.2. The second kappa shape index (κ2) is 11.3. The van der Waals surface area contributed by atoms with Gasteiger partial charge in [-0.25, -0.2) is 0 Å². The first-order valence-corrected chi connectivity index (χ1v) is 15.3. The molecule has 5 unspecified atom stereocenters. The monoisotopic (exact) mass is 601 g/mol. The molecule has 2 amide bonds. The summed E-state index contributed by atoms with van der Waals surface area (Å²) in [5.41, 5.74) is 21.9. The zero-order chi connectivity index (χ0) is 30.5. The predicted octanol–water partition coefficient (Wildman–Crippen LogP) is 2.35. The number of aryl methyl sites for hydroxylation is 1. The van der Waals surface area contributed by atoms with E-state index in [9.17, 15) is 14.4 Å². The van der Waals surface area contributed by atoms with Gasteiger partial charge < -0.3 is 32.2 Å². The van der Waals surface area contributed by atoms with Crippen molar-refractivity contribution in [1.82, 2.24) is 20.4 Å². The molecule has 43 heavy (non-hydrogen) atoms. The van der Waals surface area contributed by atoms with Crippen LogP contribution in [-0.4, -0.2) is 63.1 Å². The molecule has 3 aliphatic rings. The fourth-order valence-electron chi connectivity index (χ4n) is 6.63. The number of nitrogens with two attached hydrogens (primary N) is 3. The fourth-order valence-corrected chi connectivity index (χ4v) is 8.09. The van der Waals surface area contributed by atoms with Gasteiger partial charge in [0.1, 0.15) is 11.3 Å². The van der Waals surface area contributed by atoms with Crippen molar-refractivity contribution >= 4 is 35.0 Å². The van der Waals surface area contributed by atoms with Crippen LogP contribution in [0.4, 0.5) is 5.69 Å². The van der Waals surface area contributed by atoms with E-state index in [-0.39, 0.29) is 23.6 Å². The number of ketones is 1. The van der Waals surface area contributed by atoms with Gasteiger partial charge in [0, 0.05) is 54.3 Å². The molecule has 3 heterocycles. The Morgan fingerprint density at radius 1 is 1.21 bits per heavy atom. The second-order valence-electron chi connectivity index (χ2n) is 11.4. The number of nitrogen functional groups attached to an aromatic ring is 1. The minimum Gasteiger partial charge on any atom is -0.438 e. The maximum atomic E-state index is 14.2. The Balaban J connectivity index is 1.32. The van der Waals surface area contributed by atoms with Gasteiger partial charge in [0.05, 0.1) is 11.3 Å². The molecule has 5 atom stereocenters. The number of anilines is 1. The lowest BCUT2D eigenvalue weighted by atomic mass is 9.64. The van der Waals surface area contributed by atoms with Crippen molar-refractivity contribution in [1.29, 1.82) is 0 Å². The zero-order valence-electron chi connectivity index (χ0n) is 24.1. The molecule has 0 spiro atoms. The van der Waals surface area contributed by atoms with Crippen molar-refractivity contribution in [2.75, 3.05) is 18.8 Å². The Kier molecular flexibility index (Phi) is 7.61. The number of rotatable bonds is 6. The molecule has 11 nitrogen and oxygen atoms in total. The van der Waals surface area contributed by atoms with Crippen LogP contribution < -0.4 is 27.3 Å². The van der Waals surface area contributed by atoms with E-state index < -0.39 is 22.7 Å². The van der Waals surface area contributed by atoms with E-state index in [1.54, 1.807) is 53.6 Å². The molecule has 2 aromatic carbocycles. The molecule has 12 heteroatoms. The molecule has 1 aliphatic carbocycles. The van der Waals surface area contributed by atoms with Gasteiger partial charge in [0.25, 0.3) is 0 Å². The number of likely N-dealkylation sites (tertiary alicyclic amines) is 1. The van der Waals surface area contributed by atoms with Gasteiger partial charge in [0.2, 0.25) is 17.7 Å². The summed E-state index contributed by atoms with van der Waals surface area (Å²) in [5.74, 6) is -0.259. The standard InChI is InChI=1S/C31H35N7O4S/c1-3-23(39)38-13-5-6-17(15-38)36-30(41)28-25-24-20(10-11-21(32)27(24)43-28)31(34,29(40)26(25)33)19-9-8-18(14-16(19)2)42-22-7-4-12-35-37-22/h4,7-12,14,17,25-26,28H,3,5-6,13,15,32-34H2,1-2H3,(H,36,41). The third kappa shape index (κ3) is 4.92. The van der Waals surface area contributed by atoms with Crippen LogP contribution in [0.5, 0.6) is 11.6 Å². The first kappa shape index (κ1) is 29.1. The van der Waals surface area contributed by atoms with Crippen LogP contribution in [0.2, 0.25) is 0 Å². The van der Waals surface area contributed by atoms with E-state index in [4.69, 9.17) is 21.9 Å². The van der Waals surface area contributed by atoms with E-state index in [2.05, 4.69) is 15.5 Å². The fraction of sp³-hybridized carbons (Fsp3) is 0.387. The molecule has 6 rings (SSSR count). The normalized spacial score (nSPS) is 26.1. The molecule has 224 valence electrons. The summed E-state index contributed by atoms with van der Waals surface area (Å²) in [6.07, 6.45) is 3.56. The average molecular weight is 602 g/mol. The van der Waals surface area contributed by atoms with Gasteiger partial charge in [-0.2, -0.15) is 5.10 Å². The highest BCUT2D eigenvalue weighted by Gasteiger charge is 2.57. The molecule has 1 fully saturated rings. The number of aromatic nitrogens is 2. The summed E-state index contributed by atoms with van der Waals surface area (Å²) in [7, 11) is 0. The van der Waals surface area contributed by atoms with Crippen molar-refractivity contribution in [3.63, 3.8) is 0 Å². The molecule has 0 radical (unpaired) electrons. The Morgan fingerprint density at radius 3 is 2.72 bits per heavy atom. The molecule has 7 N–H and O–H groups in total. The van der Waals surface area contributed by atoms with Gasteiger partial charge in [-0.1, -0.05) is 19.1 Å². The summed E-state index contributed by atoms with van der Waals surface area (Å²) in [4.78, 5) is 42.8. The highest BCUT2D eigenvalue weighted by molar-refractivity contribution is 8.01. The number of piperidine rings is 1. The topological polar surface area (TPSA) is 180 Å². The first-order valence-electron chi connectivity index (χ1n) is 14.5. The number of nitrogens with zero attached hydrogens (tertiary/aromatic N) is 3. The van der Waals surface area contributed by atoms with Crippen molar-refractivity contribution in [3.05, 3.63) is 70.9 Å². The lowest BCUT2D eigenvalue weighted by Gasteiger charge is -2.42. The lowest BCUT2D eigenvalue weighted by molar-refractivity contribution is -0.133. The number of carbonyl (C=O) groups is 3. The Labute approximate surface area is 253 Å². The van der Waals surface area contributed by atoms with Crippen LogP contribution in [0.1, 0.15) is 54.4 Å². The van der Waals surface area contributed by atoms with Crippen LogP contribution in [0.3, 0.4) is 0 Å². The van der Waals surface area contributed by atoms with Gasteiger partial charge in [-0.05, 0) is 66.3 Å². The molecule has 0 bridgehead atoms. The summed E-state index contributed by atoms with van der Waals surface area (Å²) in [5, 5.41) is 10.3. The SMILES string of the molecule is CCC(=O)N1CCCC(NC(=O)C2Sc3c(N)ccc4c3C2C(N)C(=O)C4(N)c2ccc(Oc3cccnn3)cc2C)C1. The van der Waals surface area contributed by atoms with Crippen LogP contribution in [0.25, 0.3) is 0 Å². The van der Waals surface area contributed by atoms with E-state index in [0.29, 0.717) is 48.0 Å². The quantitative estimate of drug-likeness (QED) is 0.306. The van der Waals surface area contributed by atoms with Gasteiger partial charge in [0.15, 0.2) is 5.78 Å². The summed E-state index contributed by atoms with van der Waals surface area (Å²) >= 11 is 1.33. The lowest BCUT2D eigenvalue weighted by Crippen LogP contribution is -2.61. The van der Waals surface area contributed by atoms with E-state index in [1.165, 1.54) is 11.8 Å². The number of nitrogens with one attached hydrogen (secondary N) is 1. The number of thioether (sulfide) groups is 1. The number of carbonyl (C=O) groups excluding carboxylic acids is 3. The second-order valence-corrected chi connectivity index (χ2v) is 12.5. The summed E-state index contributed by atoms with van der Waals surface area (Å²) in [6.45, 7) is 4.85. The van der Waals surface area contributed by atoms with Crippen LogP contribution in [0, 0.1) is 6.92 Å². The summed E-state index contributed by atoms with van der Waals surface area (Å²) < 4.78 is 5.83. The maximum Gasteiger partial charge on any atom is 0.238 e. The van der Waals surface area contributed by atoms with Crippen molar-refractivity contribution in [3.8, 4) is 11.6 Å². The molecular weight excluding hydrogens is 566 g/mol. The minimum absolute atomic E-state index is 0.0711. The van der Waals surface area contributed by atoms with Crippen LogP contribution in [0.15, 0.2) is 53.6 Å². The predicted molar refractivity (Wildman–Crippen MR) is 163 cm³/mol. The molecular formula is C31H35N7O4S. The highest BCUT2D eigenvalue weighted by atomic mass is 32.2. The van der Waals surface area contributed by atoms with Gasteiger partial charge >= 0.3 is 0 Å². The van der Waals surface area contributed by atoms with E-state index in [0.717, 1.165) is 28.9 Å². The van der Waals surface area contributed by atoms with Crippen molar-refractivity contribution < 1.29 is 19.1 Å². The Bertz CT molecular complexity index is 1600. The van der Waals surface area contributed by atoms with Gasteiger partial charge in [-0.15, -0.1) is 16.9 Å². The van der Waals surface area contributed by atoms with E-state index >= 15 is 0 Å². The molecule has 3 aromatic rings. The Hall–Kier alpha value is -4.00. The van der Waals surface area contributed by atoms with Crippen LogP contribution in [-0.2, 0) is 19.9 Å². The number of ether oxygens (including phenoxy) is 1. The number of Topliss-reactive ketones (excluding diaryl/α,β-unsaturated/α-hetero) is 1. The van der Waals surface area contributed by atoms with Gasteiger partial charge in [-0.3, -0.25) is 14.4 Å². The number of amides is 2. The summed E-state index contributed by atoms with van der Waals surface area (Å²) in [6, 6.07) is 11.0. The number of hydrogen-bond donors (Lipinski definition) is 4. The molecule has 0 saturated carbocycles. The molecule has 1 aromatic heterocycles. The maximum absolute atomic E-state index is 14.2. The van der Waals surface area contributed by atoms with Crippen molar-refractivity contribution in [2.45, 2.75) is 66.8 Å². The number of hydrogen-bond acceptors (Lipinski definition) is 10. The average Bonchev–Trinajstić information content (AvgIpc) is 3.42. The Morgan fingerprint density at radius 2 is 2.00 bits per heavy atom.